The Bertz CT molecular complexity index is 816. The molecule has 0 aliphatic heterocycles. The normalized spacial score (nSPS) is 10.8. The summed E-state index contributed by atoms with van der Waals surface area (Å²) in [5, 5.41) is 10.2. The van der Waals surface area contributed by atoms with Gasteiger partial charge in [0.1, 0.15) is 22.7 Å². The Morgan fingerprint density at radius 2 is 1.86 bits per heavy atom. The van der Waals surface area contributed by atoms with Crippen molar-refractivity contribution in [2.45, 2.75) is 6.92 Å². The van der Waals surface area contributed by atoms with Gasteiger partial charge in [-0.3, -0.25) is 0 Å². The van der Waals surface area contributed by atoms with E-state index in [2.05, 4.69) is 0 Å². The number of aromatic carboxylic acids is 1. The van der Waals surface area contributed by atoms with E-state index < -0.39 is 5.97 Å². The third-order valence-electron chi connectivity index (χ3n) is 3.54. The van der Waals surface area contributed by atoms with Gasteiger partial charge in [0.15, 0.2) is 0 Å². The number of carboxylic acid groups (broad SMARTS) is 1. The summed E-state index contributed by atoms with van der Waals surface area (Å²) in [6, 6.07) is 12.7. The molecule has 0 saturated carbocycles. The minimum Gasteiger partial charge on any atom is -0.496 e. The number of rotatable bonds is 3. The molecule has 4 nitrogen and oxygen atoms in total. The first-order valence-electron chi connectivity index (χ1n) is 6.52. The van der Waals surface area contributed by atoms with Crippen molar-refractivity contribution in [3.8, 4) is 17.1 Å². The monoisotopic (exact) mass is 282 g/mol. The second-order valence-corrected chi connectivity index (χ2v) is 4.74. The minimum atomic E-state index is -1.01. The van der Waals surface area contributed by atoms with Crippen LogP contribution in [-0.4, -0.2) is 18.2 Å². The van der Waals surface area contributed by atoms with Crippen LogP contribution in [0.1, 0.15) is 15.9 Å². The molecule has 1 aromatic heterocycles. The van der Waals surface area contributed by atoms with Crippen LogP contribution >= 0.6 is 0 Å². The Kier molecular flexibility index (Phi) is 3.14. The van der Waals surface area contributed by atoms with Crippen molar-refractivity contribution in [3.05, 3.63) is 53.6 Å². The summed E-state index contributed by atoms with van der Waals surface area (Å²) in [7, 11) is 1.56. The smallest absolute Gasteiger partial charge is 0.340 e. The van der Waals surface area contributed by atoms with E-state index >= 15 is 0 Å². The zero-order valence-corrected chi connectivity index (χ0v) is 11.7. The van der Waals surface area contributed by atoms with Gasteiger partial charge < -0.3 is 14.3 Å². The van der Waals surface area contributed by atoms with Gasteiger partial charge in [0, 0.05) is 16.5 Å². The van der Waals surface area contributed by atoms with Crippen LogP contribution in [0, 0.1) is 6.92 Å². The number of ether oxygens (including phenoxy) is 1. The van der Waals surface area contributed by atoms with Gasteiger partial charge in [-0.25, -0.2) is 4.79 Å². The number of aryl methyl sites for hydroxylation is 1. The number of hydrogen-bond acceptors (Lipinski definition) is 3. The Labute approximate surface area is 121 Å². The average Bonchev–Trinajstić information content (AvgIpc) is 2.89. The second-order valence-electron chi connectivity index (χ2n) is 4.74. The lowest BCUT2D eigenvalue weighted by molar-refractivity contribution is 0.0699. The van der Waals surface area contributed by atoms with Crippen LogP contribution in [0.5, 0.6) is 5.75 Å². The molecule has 0 radical (unpaired) electrons. The maximum absolute atomic E-state index is 11.7. The highest BCUT2D eigenvalue weighted by atomic mass is 16.5. The largest absolute Gasteiger partial charge is 0.496 e. The van der Waals surface area contributed by atoms with E-state index in [9.17, 15) is 9.90 Å². The fourth-order valence-electron chi connectivity index (χ4n) is 2.56. The van der Waals surface area contributed by atoms with Gasteiger partial charge in [-0.05, 0) is 19.1 Å². The molecule has 1 N–H and O–H groups in total. The summed E-state index contributed by atoms with van der Waals surface area (Å²) < 4.78 is 11.1. The van der Waals surface area contributed by atoms with Gasteiger partial charge >= 0.3 is 5.97 Å². The van der Waals surface area contributed by atoms with E-state index in [1.807, 2.05) is 37.3 Å². The molecule has 0 amide bonds. The maximum Gasteiger partial charge on any atom is 0.340 e. The first-order chi connectivity index (χ1) is 10.1. The number of fused-ring (bicyclic) bond motifs is 1. The summed E-state index contributed by atoms with van der Waals surface area (Å²) in [4.78, 5) is 11.7. The maximum atomic E-state index is 11.7. The highest BCUT2D eigenvalue weighted by Crippen LogP contribution is 2.38. The number of carbonyl (C=O) groups is 1. The van der Waals surface area contributed by atoms with Crippen LogP contribution in [0.3, 0.4) is 0 Å². The molecule has 0 saturated heterocycles. The van der Waals surface area contributed by atoms with Crippen molar-refractivity contribution in [2.75, 3.05) is 7.11 Å². The van der Waals surface area contributed by atoms with Gasteiger partial charge in [0.2, 0.25) is 0 Å². The van der Waals surface area contributed by atoms with Gasteiger partial charge in [0.25, 0.3) is 0 Å². The molecule has 0 aliphatic carbocycles. The number of furan rings is 1. The number of carboxylic acids is 1. The van der Waals surface area contributed by atoms with Gasteiger partial charge in [0.05, 0.1) is 7.11 Å². The Morgan fingerprint density at radius 3 is 2.48 bits per heavy atom. The molecule has 1 heterocycles. The molecule has 3 aromatic rings. The van der Waals surface area contributed by atoms with Gasteiger partial charge in [-0.2, -0.15) is 0 Å². The van der Waals surface area contributed by atoms with E-state index in [0.717, 1.165) is 11.1 Å². The molecule has 0 bridgehead atoms. The number of methoxy groups -OCH3 is 1. The van der Waals surface area contributed by atoms with Crippen LogP contribution < -0.4 is 4.74 Å². The van der Waals surface area contributed by atoms with E-state index in [4.69, 9.17) is 9.15 Å². The third-order valence-corrected chi connectivity index (χ3v) is 3.54. The molecule has 0 spiro atoms. The summed E-state index contributed by atoms with van der Waals surface area (Å²) in [6.45, 7) is 1.83. The molecular weight excluding hydrogens is 268 g/mol. The molecule has 0 aliphatic rings. The van der Waals surface area contributed by atoms with E-state index in [-0.39, 0.29) is 5.56 Å². The number of hydrogen-bond donors (Lipinski definition) is 1. The second kappa shape index (κ2) is 4.98. The first-order valence-corrected chi connectivity index (χ1v) is 6.52. The van der Waals surface area contributed by atoms with Crippen molar-refractivity contribution in [1.29, 1.82) is 0 Å². The van der Waals surface area contributed by atoms with Gasteiger partial charge in [-0.1, -0.05) is 30.3 Å². The predicted molar refractivity (Wildman–Crippen MR) is 79.9 cm³/mol. The highest BCUT2D eigenvalue weighted by molar-refractivity contribution is 6.09. The third kappa shape index (κ3) is 2.05. The van der Waals surface area contributed by atoms with E-state index in [0.29, 0.717) is 22.5 Å². The van der Waals surface area contributed by atoms with Crippen molar-refractivity contribution in [3.63, 3.8) is 0 Å². The fraction of sp³-hybridized carbons (Fsp3) is 0.118. The Balaban J connectivity index is 2.39. The van der Waals surface area contributed by atoms with Crippen LogP contribution in [0.15, 0.2) is 46.9 Å². The van der Waals surface area contributed by atoms with Gasteiger partial charge in [-0.15, -0.1) is 0 Å². The zero-order valence-electron chi connectivity index (χ0n) is 11.7. The molecular formula is C17H14O4. The summed E-state index contributed by atoms with van der Waals surface area (Å²) in [5.41, 5.74) is 2.22. The van der Waals surface area contributed by atoms with Crippen LogP contribution in [0.4, 0.5) is 0 Å². The van der Waals surface area contributed by atoms with Crippen molar-refractivity contribution < 1.29 is 19.1 Å². The predicted octanol–water partition coefficient (Wildman–Crippen LogP) is 4.12. The van der Waals surface area contributed by atoms with Crippen LogP contribution in [0.2, 0.25) is 0 Å². The van der Waals surface area contributed by atoms with Crippen LogP contribution in [0.25, 0.3) is 22.3 Å². The molecule has 4 heteroatoms. The van der Waals surface area contributed by atoms with E-state index in [1.165, 1.54) is 0 Å². The highest BCUT2D eigenvalue weighted by Gasteiger charge is 2.24. The summed E-state index contributed by atoms with van der Waals surface area (Å²) in [5.74, 6) is 0.00354. The quantitative estimate of drug-likeness (QED) is 0.785. The molecule has 0 fully saturated rings. The van der Waals surface area contributed by atoms with Crippen molar-refractivity contribution in [1.82, 2.24) is 0 Å². The molecule has 106 valence electrons. The Hall–Kier alpha value is -2.75. The summed E-state index contributed by atoms with van der Waals surface area (Å²) >= 11 is 0. The number of benzene rings is 2. The molecule has 3 rings (SSSR count). The lowest BCUT2D eigenvalue weighted by Crippen LogP contribution is -1.98. The first kappa shape index (κ1) is 13.2. The van der Waals surface area contributed by atoms with Crippen LogP contribution in [-0.2, 0) is 0 Å². The molecule has 2 aromatic carbocycles. The fourth-order valence-corrected chi connectivity index (χ4v) is 2.56. The molecule has 0 atom stereocenters. The molecule has 21 heavy (non-hydrogen) atoms. The van der Waals surface area contributed by atoms with Crippen molar-refractivity contribution in [2.24, 2.45) is 0 Å². The lowest BCUT2D eigenvalue weighted by atomic mass is 10.0. The average molecular weight is 282 g/mol. The SMILES string of the molecule is COc1ccc2oc(-c3ccccc3)c(C(=O)O)c2c1C. The van der Waals surface area contributed by atoms with Crippen molar-refractivity contribution >= 4 is 16.9 Å². The summed E-state index contributed by atoms with van der Waals surface area (Å²) in [6.07, 6.45) is 0. The van der Waals surface area contributed by atoms with E-state index in [1.54, 1.807) is 19.2 Å². The Morgan fingerprint density at radius 1 is 1.14 bits per heavy atom. The minimum absolute atomic E-state index is 0.174. The lowest BCUT2D eigenvalue weighted by Gasteiger charge is -2.05. The molecule has 0 unspecified atom stereocenters. The topological polar surface area (TPSA) is 59.7 Å². The zero-order chi connectivity index (χ0) is 15.0. The standard InChI is InChI=1S/C17H14O4/c1-10-12(20-2)8-9-13-14(10)15(17(18)19)16(21-13)11-6-4-3-5-7-11/h3-9H,1-2H3,(H,18,19).